The average molecular weight is 425 g/mol. The number of benzene rings is 2. The molecule has 0 aromatic heterocycles. The Morgan fingerprint density at radius 1 is 0.800 bits per heavy atom. The van der Waals surface area contributed by atoms with Gasteiger partial charge in [0.05, 0.1) is 6.26 Å². The third-order valence-electron chi connectivity index (χ3n) is 7.23. The van der Waals surface area contributed by atoms with Crippen molar-refractivity contribution in [3.05, 3.63) is 59.7 Å². The van der Waals surface area contributed by atoms with Crippen molar-refractivity contribution in [3.63, 3.8) is 0 Å². The highest BCUT2D eigenvalue weighted by molar-refractivity contribution is 7.92. The Balaban J connectivity index is 1.25. The Bertz CT molecular complexity index is 1020. The van der Waals surface area contributed by atoms with Crippen LogP contribution in [0.15, 0.2) is 48.5 Å². The van der Waals surface area contributed by atoms with E-state index >= 15 is 0 Å². The van der Waals surface area contributed by atoms with Crippen LogP contribution in [0.2, 0.25) is 0 Å². The zero-order chi connectivity index (χ0) is 20.9. The van der Waals surface area contributed by atoms with Crippen molar-refractivity contribution in [2.45, 2.75) is 38.0 Å². The van der Waals surface area contributed by atoms with Crippen LogP contribution in [0.25, 0.3) is 0 Å². The Labute approximate surface area is 178 Å². The molecule has 0 radical (unpaired) electrons. The minimum Gasteiger partial charge on any atom is -0.322 e. The molecule has 1 amide bonds. The largest absolute Gasteiger partial charge is 0.322 e. The Morgan fingerprint density at radius 3 is 1.87 bits per heavy atom. The van der Waals surface area contributed by atoms with E-state index in [9.17, 15) is 13.2 Å². The predicted molar refractivity (Wildman–Crippen MR) is 119 cm³/mol. The second-order valence-electron chi connectivity index (χ2n) is 9.48. The second-order valence-corrected chi connectivity index (χ2v) is 11.2. The summed E-state index contributed by atoms with van der Waals surface area (Å²) in [4.78, 5) is 12.5. The molecule has 0 heterocycles. The molecule has 0 unspecified atom stereocenters. The first-order chi connectivity index (χ1) is 14.3. The van der Waals surface area contributed by atoms with E-state index in [4.69, 9.17) is 0 Å². The summed E-state index contributed by atoms with van der Waals surface area (Å²) >= 11 is 0. The van der Waals surface area contributed by atoms with Gasteiger partial charge in [0.2, 0.25) is 10.0 Å². The fraction of sp³-hybridized carbons (Fsp3) is 0.458. The molecule has 6 heteroatoms. The van der Waals surface area contributed by atoms with Crippen LogP contribution < -0.4 is 10.0 Å². The Morgan fingerprint density at radius 2 is 1.33 bits per heavy atom. The van der Waals surface area contributed by atoms with Gasteiger partial charge < -0.3 is 5.32 Å². The lowest BCUT2D eigenvalue weighted by Gasteiger charge is -2.54. The van der Waals surface area contributed by atoms with Crippen molar-refractivity contribution in [1.29, 1.82) is 0 Å². The van der Waals surface area contributed by atoms with Gasteiger partial charge in [-0.25, -0.2) is 8.42 Å². The number of rotatable bonds is 5. The zero-order valence-electron chi connectivity index (χ0n) is 17.2. The van der Waals surface area contributed by atoms with Crippen LogP contribution in [0.1, 0.15) is 53.9 Å². The van der Waals surface area contributed by atoms with Crippen LogP contribution in [0, 0.1) is 23.7 Å². The minimum atomic E-state index is -3.33. The zero-order valence-corrected chi connectivity index (χ0v) is 18.0. The first-order valence-corrected chi connectivity index (χ1v) is 12.7. The van der Waals surface area contributed by atoms with Gasteiger partial charge in [0.15, 0.2) is 0 Å². The third-order valence-corrected chi connectivity index (χ3v) is 7.84. The predicted octanol–water partition coefficient (Wildman–Crippen LogP) is 4.85. The molecule has 5 nitrogen and oxygen atoms in total. The molecule has 4 bridgehead atoms. The number of anilines is 2. The van der Waals surface area contributed by atoms with Crippen LogP contribution in [0.4, 0.5) is 11.4 Å². The topological polar surface area (TPSA) is 75.3 Å². The molecule has 4 fully saturated rings. The molecule has 4 aliphatic carbocycles. The van der Waals surface area contributed by atoms with E-state index in [1.165, 1.54) is 37.7 Å². The fourth-order valence-electron chi connectivity index (χ4n) is 6.37. The summed E-state index contributed by atoms with van der Waals surface area (Å²) in [5, 5.41) is 2.94. The van der Waals surface area contributed by atoms with Crippen molar-refractivity contribution in [1.82, 2.24) is 0 Å². The van der Waals surface area contributed by atoms with Gasteiger partial charge >= 0.3 is 0 Å². The molecule has 0 saturated heterocycles. The van der Waals surface area contributed by atoms with Crippen molar-refractivity contribution in [2.24, 2.45) is 23.7 Å². The van der Waals surface area contributed by atoms with Gasteiger partial charge in [0.25, 0.3) is 5.91 Å². The maximum absolute atomic E-state index is 12.5. The van der Waals surface area contributed by atoms with E-state index < -0.39 is 10.0 Å². The van der Waals surface area contributed by atoms with Crippen LogP contribution in [-0.4, -0.2) is 20.6 Å². The molecule has 4 saturated carbocycles. The molecule has 2 aromatic rings. The minimum absolute atomic E-state index is 0.205. The van der Waals surface area contributed by atoms with Gasteiger partial charge in [-0.05, 0) is 104 Å². The summed E-state index contributed by atoms with van der Waals surface area (Å²) in [7, 11) is -3.33. The maximum Gasteiger partial charge on any atom is 0.255 e. The van der Waals surface area contributed by atoms with Crippen molar-refractivity contribution in [3.8, 4) is 0 Å². The second kappa shape index (κ2) is 7.41. The summed E-state index contributed by atoms with van der Waals surface area (Å²) in [6, 6.07) is 14.8. The van der Waals surface area contributed by atoms with Crippen LogP contribution in [0.3, 0.4) is 0 Å². The summed E-state index contributed by atoms with van der Waals surface area (Å²) in [5.41, 5.74) is 3.14. The highest BCUT2D eigenvalue weighted by atomic mass is 32.2. The molecular formula is C24H28N2O3S. The van der Waals surface area contributed by atoms with Crippen molar-refractivity contribution >= 4 is 27.3 Å². The average Bonchev–Trinajstić information content (AvgIpc) is 2.68. The van der Waals surface area contributed by atoms with E-state index in [1.54, 1.807) is 24.3 Å². The normalized spacial score (nSPS) is 29.6. The molecule has 4 aliphatic rings. The molecule has 158 valence electrons. The molecule has 6 rings (SSSR count). The van der Waals surface area contributed by atoms with Gasteiger partial charge in [-0.2, -0.15) is 0 Å². The van der Waals surface area contributed by atoms with Crippen molar-refractivity contribution in [2.75, 3.05) is 16.3 Å². The van der Waals surface area contributed by atoms with E-state index in [2.05, 4.69) is 22.2 Å². The Hall–Kier alpha value is -2.34. The lowest BCUT2D eigenvalue weighted by molar-refractivity contribution is -0.00277. The molecule has 0 atom stereocenters. The van der Waals surface area contributed by atoms with Gasteiger partial charge in [-0.3, -0.25) is 9.52 Å². The molecule has 2 aromatic carbocycles. The molecule has 0 spiro atoms. The van der Waals surface area contributed by atoms with E-state index in [0.29, 0.717) is 17.2 Å². The highest BCUT2D eigenvalue weighted by Gasteiger charge is 2.48. The molecule has 0 aliphatic heterocycles. The van der Waals surface area contributed by atoms with Crippen LogP contribution in [-0.2, 0) is 10.0 Å². The smallest absolute Gasteiger partial charge is 0.255 e. The van der Waals surface area contributed by atoms with Gasteiger partial charge in [-0.15, -0.1) is 0 Å². The third kappa shape index (κ3) is 3.97. The summed E-state index contributed by atoms with van der Waals surface area (Å²) < 4.78 is 25.0. The quantitative estimate of drug-likeness (QED) is 0.720. The lowest BCUT2D eigenvalue weighted by atomic mass is 9.51. The first kappa shape index (κ1) is 19.6. The van der Waals surface area contributed by atoms with Gasteiger partial charge in [0.1, 0.15) is 0 Å². The number of carbonyl (C=O) groups excluding carboxylic acids is 1. The van der Waals surface area contributed by atoms with Crippen molar-refractivity contribution < 1.29 is 13.2 Å². The van der Waals surface area contributed by atoms with E-state index in [-0.39, 0.29) is 5.91 Å². The molecular weight excluding hydrogens is 396 g/mol. The Kier molecular flexibility index (Phi) is 4.85. The fourth-order valence-corrected chi connectivity index (χ4v) is 6.93. The number of hydrogen-bond donors (Lipinski definition) is 2. The SMILES string of the molecule is CS(=O)(=O)Nc1ccc(C(=O)Nc2ccc(C3C4CC5CC(C4)CC3C5)cc2)cc1. The lowest BCUT2D eigenvalue weighted by Crippen LogP contribution is -2.43. The monoisotopic (exact) mass is 424 g/mol. The maximum atomic E-state index is 12.5. The number of carbonyl (C=O) groups is 1. The number of sulfonamides is 1. The van der Waals surface area contributed by atoms with E-state index in [1.807, 2.05) is 12.1 Å². The summed E-state index contributed by atoms with van der Waals surface area (Å²) in [5.74, 6) is 4.13. The number of hydrogen-bond acceptors (Lipinski definition) is 3. The summed E-state index contributed by atoms with van der Waals surface area (Å²) in [6.07, 6.45) is 8.18. The first-order valence-electron chi connectivity index (χ1n) is 10.8. The molecule has 2 N–H and O–H groups in total. The van der Waals surface area contributed by atoms with Crippen LogP contribution >= 0.6 is 0 Å². The van der Waals surface area contributed by atoms with Gasteiger partial charge in [-0.1, -0.05) is 12.1 Å². The number of amides is 1. The van der Waals surface area contributed by atoms with Gasteiger partial charge in [0, 0.05) is 16.9 Å². The molecule has 30 heavy (non-hydrogen) atoms. The van der Waals surface area contributed by atoms with Crippen LogP contribution in [0.5, 0.6) is 0 Å². The standard InChI is InChI=1S/C24H28N2O3S/c1-30(28,29)26-22-8-4-18(5-9-22)24(27)25-21-6-2-17(3-7-21)23-19-11-15-10-16(13-19)14-20(23)12-15/h2-9,15-16,19-20,23,26H,10-14H2,1H3,(H,25,27). The van der Waals surface area contributed by atoms with E-state index in [0.717, 1.165) is 35.6 Å². The number of nitrogens with one attached hydrogen (secondary N) is 2. The summed E-state index contributed by atoms with van der Waals surface area (Å²) in [6.45, 7) is 0. The highest BCUT2D eigenvalue weighted by Crippen LogP contribution is 2.59.